The van der Waals surface area contributed by atoms with Gasteiger partial charge in [0.05, 0.1) is 16.5 Å². The van der Waals surface area contributed by atoms with Crippen LogP contribution in [0.5, 0.6) is 5.75 Å². The topological polar surface area (TPSA) is 67.6 Å². The highest BCUT2D eigenvalue weighted by Gasteiger charge is 2.32. The number of hydrogen-bond donors (Lipinski definition) is 1. The van der Waals surface area contributed by atoms with Crippen LogP contribution < -0.4 is 10.1 Å². The van der Waals surface area contributed by atoms with E-state index >= 15 is 0 Å². The van der Waals surface area contributed by atoms with Gasteiger partial charge >= 0.3 is 6.36 Å². The van der Waals surface area contributed by atoms with Gasteiger partial charge in [0.25, 0.3) is 5.69 Å². The molecule has 2 aromatic carbocycles. The number of nitro groups is 1. The van der Waals surface area contributed by atoms with Crippen LogP contribution in [0.4, 0.5) is 18.9 Å². The Morgan fingerprint density at radius 3 is 2.30 bits per heavy atom. The number of ether oxygens (including phenoxy) is 1. The predicted molar refractivity (Wildman–Crippen MR) is 92.5 cm³/mol. The molecular weight excluding hydrogens is 363 g/mol. The summed E-state index contributed by atoms with van der Waals surface area (Å²) < 4.78 is 41.1. The Balaban J connectivity index is 1.99. The van der Waals surface area contributed by atoms with Crippen molar-refractivity contribution in [1.29, 1.82) is 0 Å². The monoisotopic (exact) mass is 381 g/mol. The number of hydrogen-bond acceptors (Lipinski definition) is 5. The van der Waals surface area contributed by atoms with E-state index in [1.54, 1.807) is 18.2 Å². The number of piperazine rings is 1. The highest BCUT2D eigenvalue weighted by Crippen LogP contribution is 2.35. The Kier molecular flexibility index (Phi) is 5.62. The molecule has 0 amide bonds. The van der Waals surface area contributed by atoms with Crippen LogP contribution in [0.3, 0.4) is 0 Å². The van der Waals surface area contributed by atoms with E-state index in [4.69, 9.17) is 0 Å². The van der Waals surface area contributed by atoms with Crippen molar-refractivity contribution in [3.63, 3.8) is 0 Å². The zero-order valence-electron chi connectivity index (χ0n) is 14.3. The molecule has 144 valence electrons. The molecular formula is C18H18F3N3O3. The largest absolute Gasteiger partial charge is 0.573 e. The summed E-state index contributed by atoms with van der Waals surface area (Å²) in [4.78, 5) is 13.1. The number of rotatable bonds is 5. The molecule has 3 rings (SSSR count). The lowest BCUT2D eigenvalue weighted by Crippen LogP contribution is -2.45. The van der Waals surface area contributed by atoms with Crippen LogP contribution in [-0.4, -0.2) is 42.4 Å². The van der Waals surface area contributed by atoms with Gasteiger partial charge < -0.3 is 10.1 Å². The molecule has 1 atom stereocenters. The molecule has 1 fully saturated rings. The summed E-state index contributed by atoms with van der Waals surface area (Å²) in [5, 5.41) is 14.7. The van der Waals surface area contributed by atoms with Crippen LogP contribution in [-0.2, 0) is 0 Å². The van der Waals surface area contributed by atoms with Crippen molar-refractivity contribution >= 4 is 5.69 Å². The number of benzene rings is 2. The van der Waals surface area contributed by atoms with Crippen molar-refractivity contribution in [2.24, 2.45) is 0 Å². The molecule has 1 saturated heterocycles. The number of nitro benzene ring substituents is 1. The summed E-state index contributed by atoms with van der Waals surface area (Å²) >= 11 is 0. The van der Waals surface area contributed by atoms with Gasteiger partial charge in [-0.05, 0) is 17.7 Å². The van der Waals surface area contributed by atoms with Gasteiger partial charge in [-0.3, -0.25) is 15.0 Å². The summed E-state index contributed by atoms with van der Waals surface area (Å²) in [7, 11) is 0. The van der Waals surface area contributed by atoms with Crippen LogP contribution in [0.15, 0.2) is 48.5 Å². The van der Waals surface area contributed by atoms with Crippen LogP contribution in [0, 0.1) is 10.1 Å². The van der Waals surface area contributed by atoms with Gasteiger partial charge in [0.2, 0.25) is 0 Å². The van der Waals surface area contributed by atoms with Gasteiger partial charge in [0, 0.05) is 32.2 Å². The molecule has 0 saturated carbocycles. The van der Waals surface area contributed by atoms with E-state index in [2.05, 4.69) is 15.0 Å². The Morgan fingerprint density at radius 2 is 1.70 bits per heavy atom. The maximum absolute atomic E-state index is 12.4. The maximum Gasteiger partial charge on any atom is 0.573 e. The molecule has 6 nitrogen and oxygen atoms in total. The minimum Gasteiger partial charge on any atom is -0.406 e. The number of para-hydroxylation sites is 1. The van der Waals surface area contributed by atoms with Gasteiger partial charge in [-0.2, -0.15) is 0 Å². The predicted octanol–water partition coefficient (Wildman–Crippen LogP) is 3.49. The highest BCUT2D eigenvalue weighted by molar-refractivity contribution is 5.47. The summed E-state index contributed by atoms with van der Waals surface area (Å²) in [5.74, 6) is -0.326. The molecule has 0 aromatic heterocycles. The first-order valence-corrected chi connectivity index (χ1v) is 8.39. The molecule has 1 N–H and O–H groups in total. The number of halogens is 3. The van der Waals surface area contributed by atoms with Gasteiger partial charge in [-0.15, -0.1) is 13.2 Å². The van der Waals surface area contributed by atoms with Crippen molar-refractivity contribution in [3.05, 3.63) is 69.8 Å². The first-order chi connectivity index (χ1) is 12.8. The molecule has 9 heteroatoms. The number of nitrogens with one attached hydrogen (secondary N) is 1. The second-order valence-electron chi connectivity index (χ2n) is 6.12. The fraction of sp³-hybridized carbons (Fsp3) is 0.333. The third-order valence-corrected chi connectivity index (χ3v) is 4.37. The molecule has 1 heterocycles. The van der Waals surface area contributed by atoms with Gasteiger partial charge in [-0.1, -0.05) is 30.3 Å². The molecule has 0 aliphatic carbocycles. The third-order valence-electron chi connectivity index (χ3n) is 4.37. The van der Waals surface area contributed by atoms with Gasteiger partial charge in [0.15, 0.2) is 0 Å². The summed E-state index contributed by atoms with van der Waals surface area (Å²) in [6.45, 7) is 2.79. The molecule has 0 radical (unpaired) electrons. The van der Waals surface area contributed by atoms with Crippen molar-refractivity contribution < 1.29 is 22.8 Å². The lowest BCUT2D eigenvalue weighted by molar-refractivity contribution is -0.385. The van der Waals surface area contributed by atoms with Gasteiger partial charge in [-0.25, -0.2) is 0 Å². The fourth-order valence-electron chi connectivity index (χ4n) is 3.26. The Bertz CT molecular complexity index is 790. The van der Waals surface area contributed by atoms with Gasteiger partial charge in [0.1, 0.15) is 5.75 Å². The number of alkyl halides is 3. The first kappa shape index (κ1) is 19.1. The minimum atomic E-state index is -4.77. The first-order valence-electron chi connectivity index (χ1n) is 8.39. The quantitative estimate of drug-likeness (QED) is 0.634. The zero-order valence-corrected chi connectivity index (χ0v) is 14.3. The standard InChI is InChI=1S/C18H18F3N3O3/c19-18(20,21)27-14-7-5-13(6-8-14)17(23-11-9-22-10-12-23)15-3-1-2-4-16(15)24(25)26/h1-8,17,22H,9-12H2/t17-/m0/s1. The Hall–Kier alpha value is -2.65. The van der Waals surface area contributed by atoms with Crippen molar-refractivity contribution in [3.8, 4) is 5.75 Å². The lowest BCUT2D eigenvalue weighted by atomic mass is 9.95. The summed E-state index contributed by atoms with van der Waals surface area (Å²) in [6, 6.07) is 11.5. The summed E-state index contributed by atoms with van der Waals surface area (Å²) in [5.41, 5.74) is 1.16. The molecule has 0 unspecified atom stereocenters. The van der Waals surface area contributed by atoms with Crippen LogP contribution in [0.1, 0.15) is 17.2 Å². The highest BCUT2D eigenvalue weighted by atomic mass is 19.4. The average Bonchev–Trinajstić information content (AvgIpc) is 2.63. The lowest BCUT2D eigenvalue weighted by Gasteiger charge is -2.35. The second kappa shape index (κ2) is 7.93. The molecule has 2 aromatic rings. The average molecular weight is 381 g/mol. The molecule has 1 aliphatic rings. The van der Waals surface area contributed by atoms with E-state index in [-0.39, 0.29) is 11.4 Å². The van der Waals surface area contributed by atoms with Crippen LogP contribution in [0.25, 0.3) is 0 Å². The van der Waals surface area contributed by atoms with E-state index < -0.39 is 17.3 Å². The maximum atomic E-state index is 12.4. The molecule has 0 spiro atoms. The normalized spacial score (nSPS) is 16.7. The smallest absolute Gasteiger partial charge is 0.406 e. The summed E-state index contributed by atoms with van der Waals surface area (Å²) in [6.07, 6.45) is -4.77. The van der Waals surface area contributed by atoms with Crippen LogP contribution in [0.2, 0.25) is 0 Å². The molecule has 1 aliphatic heterocycles. The third kappa shape index (κ3) is 4.75. The van der Waals surface area contributed by atoms with E-state index in [0.29, 0.717) is 24.2 Å². The minimum absolute atomic E-state index is 0.0170. The molecule has 27 heavy (non-hydrogen) atoms. The Morgan fingerprint density at radius 1 is 1.07 bits per heavy atom. The number of nitrogens with zero attached hydrogens (tertiary/aromatic N) is 2. The van der Waals surface area contributed by atoms with E-state index in [9.17, 15) is 23.3 Å². The zero-order chi connectivity index (χ0) is 19.4. The second-order valence-corrected chi connectivity index (χ2v) is 6.12. The van der Waals surface area contributed by atoms with Crippen molar-refractivity contribution in [1.82, 2.24) is 10.2 Å². The SMILES string of the molecule is O=[N+]([O-])c1ccccc1[C@H](c1ccc(OC(F)(F)F)cc1)N1CCNCC1. The van der Waals surface area contributed by atoms with E-state index in [0.717, 1.165) is 13.1 Å². The fourth-order valence-corrected chi connectivity index (χ4v) is 3.26. The van der Waals surface area contributed by atoms with Crippen LogP contribution >= 0.6 is 0 Å². The Labute approximate surface area is 153 Å². The van der Waals surface area contributed by atoms with Crippen molar-refractivity contribution in [2.45, 2.75) is 12.4 Å². The molecule has 0 bridgehead atoms. The van der Waals surface area contributed by atoms with E-state index in [1.807, 2.05) is 0 Å². The van der Waals surface area contributed by atoms with E-state index in [1.165, 1.54) is 30.3 Å². The van der Waals surface area contributed by atoms with Crippen molar-refractivity contribution in [2.75, 3.05) is 26.2 Å².